The van der Waals surface area contributed by atoms with Crippen molar-refractivity contribution in [2.24, 2.45) is 0 Å². The van der Waals surface area contributed by atoms with Crippen molar-refractivity contribution in [2.75, 3.05) is 11.9 Å². The Hall–Kier alpha value is -1.76. The summed E-state index contributed by atoms with van der Waals surface area (Å²) in [6.45, 7) is 3.41. The first-order valence-corrected chi connectivity index (χ1v) is 5.90. The molecule has 0 fully saturated rings. The Kier molecular flexibility index (Phi) is 4.65. The molecule has 0 bridgehead atoms. The number of hydrogen-bond acceptors (Lipinski definition) is 3. The Bertz CT molecular complexity index is 498. The number of carboxylic acids is 1. The Morgan fingerprint density at radius 3 is 2.35 bits per heavy atom. The first kappa shape index (κ1) is 16.3. The first-order valence-electron chi connectivity index (χ1n) is 5.90. The number of hydrogen-bond donors (Lipinski definition) is 3. The summed E-state index contributed by atoms with van der Waals surface area (Å²) < 4.78 is 38.0. The molecule has 0 aliphatic carbocycles. The van der Waals surface area contributed by atoms with Crippen molar-refractivity contribution in [1.82, 2.24) is 0 Å². The zero-order chi connectivity index (χ0) is 15.6. The summed E-state index contributed by atoms with van der Waals surface area (Å²) in [5.41, 5.74) is -2.30. The van der Waals surface area contributed by atoms with Gasteiger partial charge in [0.2, 0.25) is 0 Å². The third-order valence-electron chi connectivity index (χ3n) is 2.77. The number of aliphatic hydroxyl groups excluding tert-OH is 1. The van der Waals surface area contributed by atoms with Crippen molar-refractivity contribution in [3.05, 3.63) is 29.3 Å². The van der Waals surface area contributed by atoms with E-state index in [1.165, 1.54) is 6.07 Å². The molecule has 0 atom stereocenters. The van der Waals surface area contributed by atoms with Gasteiger partial charge in [0.15, 0.2) is 0 Å². The number of carbonyl (C=O) groups is 1. The third-order valence-corrected chi connectivity index (χ3v) is 2.77. The van der Waals surface area contributed by atoms with Gasteiger partial charge >= 0.3 is 12.1 Å². The van der Waals surface area contributed by atoms with Crippen molar-refractivity contribution >= 4 is 11.7 Å². The highest BCUT2D eigenvalue weighted by atomic mass is 19.4. The minimum Gasteiger partial charge on any atom is -0.478 e. The number of benzene rings is 1. The predicted molar refractivity (Wildman–Crippen MR) is 67.8 cm³/mol. The standard InChI is InChI=1S/C13H16F3NO3/c1-12(2,5-6-18)17-8-3-4-10(13(14,15)16)9(7-8)11(19)20/h3-4,7,17-18H,5-6H2,1-2H3,(H,19,20). The van der Waals surface area contributed by atoms with Crippen molar-refractivity contribution in [2.45, 2.75) is 32.0 Å². The first-order chi connectivity index (χ1) is 9.07. The molecule has 20 heavy (non-hydrogen) atoms. The number of aromatic carboxylic acids is 1. The van der Waals surface area contributed by atoms with Gasteiger partial charge in [-0.05, 0) is 38.5 Å². The predicted octanol–water partition coefficient (Wildman–Crippen LogP) is 2.98. The summed E-state index contributed by atoms with van der Waals surface area (Å²) >= 11 is 0. The lowest BCUT2D eigenvalue weighted by atomic mass is 9.99. The lowest BCUT2D eigenvalue weighted by Gasteiger charge is -2.27. The topological polar surface area (TPSA) is 69.6 Å². The van der Waals surface area contributed by atoms with Gasteiger partial charge < -0.3 is 15.5 Å². The molecule has 3 N–H and O–H groups in total. The van der Waals surface area contributed by atoms with E-state index in [1.54, 1.807) is 13.8 Å². The smallest absolute Gasteiger partial charge is 0.417 e. The second-order valence-electron chi connectivity index (χ2n) is 5.05. The largest absolute Gasteiger partial charge is 0.478 e. The van der Waals surface area contributed by atoms with E-state index in [-0.39, 0.29) is 12.3 Å². The molecule has 1 rings (SSSR count). The Labute approximate surface area is 114 Å². The Morgan fingerprint density at radius 1 is 1.30 bits per heavy atom. The number of rotatable bonds is 5. The molecule has 4 nitrogen and oxygen atoms in total. The minimum absolute atomic E-state index is 0.0909. The molecule has 0 aromatic heterocycles. The average molecular weight is 291 g/mol. The Morgan fingerprint density at radius 2 is 1.90 bits per heavy atom. The van der Waals surface area contributed by atoms with E-state index in [0.29, 0.717) is 6.42 Å². The number of halogens is 3. The molecule has 7 heteroatoms. The summed E-state index contributed by atoms with van der Waals surface area (Å²) in [6.07, 6.45) is -4.34. The maximum absolute atomic E-state index is 12.7. The van der Waals surface area contributed by atoms with Crippen molar-refractivity contribution in [3.63, 3.8) is 0 Å². The highest BCUT2D eigenvalue weighted by Crippen LogP contribution is 2.34. The molecular weight excluding hydrogens is 275 g/mol. The molecule has 0 aliphatic rings. The van der Waals surface area contributed by atoms with Crippen LogP contribution in [-0.2, 0) is 6.18 Å². The van der Waals surface area contributed by atoms with Crippen LogP contribution in [0.1, 0.15) is 36.2 Å². The van der Waals surface area contributed by atoms with E-state index in [1.807, 2.05) is 0 Å². The molecule has 0 heterocycles. The molecule has 0 spiro atoms. The zero-order valence-corrected chi connectivity index (χ0v) is 11.1. The van der Waals surface area contributed by atoms with Crippen LogP contribution in [0.5, 0.6) is 0 Å². The van der Waals surface area contributed by atoms with Crippen molar-refractivity contribution < 1.29 is 28.2 Å². The lowest BCUT2D eigenvalue weighted by molar-refractivity contribution is -0.138. The molecule has 112 valence electrons. The van der Waals surface area contributed by atoms with Crippen LogP contribution in [0, 0.1) is 0 Å². The van der Waals surface area contributed by atoms with Crippen molar-refractivity contribution in [1.29, 1.82) is 0 Å². The zero-order valence-electron chi connectivity index (χ0n) is 11.1. The molecule has 1 aromatic rings. The van der Waals surface area contributed by atoms with Gasteiger partial charge in [0.1, 0.15) is 0 Å². The monoisotopic (exact) mass is 291 g/mol. The maximum Gasteiger partial charge on any atom is 0.417 e. The van der Waals surface area contributed by atoms with E-state index in [9.17, 15) is 18.0 Å². The van der Waals surface area contributed by atoms with Crippen molar-refractivity contribution in [3.8, 4) is 0 Å². The molecular formula is C13H16F3NO3. The van der Waals surface area contributed by atoms with Gasteiger partial charge in [0, 0.05) is 17.8 Å². The van der Waals surface area contributed by atoms with E-state index in [2.05, 4.69) is 5.32 Å². The maximum atomic E-state index is 12.7. The molecule has 1 aromatic carbocycles. The van der Waals surface area contributed by atoms with Crippen LogP contribution >= 0.6 is 0 Å². The number of carboxylic acid groups (broad SMARTS) is 1. The summed E-state index contributed by atoms with van der Waals surface area (Å²) in [7, 11) is 0. The van der Waals surface area contributed by atoms with Crippen LogP contribution in [0.25, 0.3) is 0 Å². The number of aliphatic hydroxyl groups is 1. The molecule has 0 radical (unpaired) electrons. The van der Waals surface area contributed by atoms with Crippen LogP contribution in [0.15, 0.2) is 18.2 Å². The molecule has 0 saturated heterocycles. The molecule has 0 unspecified atom stereocenters. The summed E-state index contributed by atoms with van der Waals surface area (Å²) in [5, 5.41) is 20.7. The van der Waals surface area contributed by atoms with Gasteiger partial charge in [-0.1, -0.05) is 0 Å². The summed E-state index contributed by atoms with van der Waals surface area (Å²) in [6, 6.07) is 2.86. The normalized spacial score (nSPS) is 12.3. The van der Waals surface area contributed by atoms with Crippen LogP contribution in [0.3, 0.4) is 0 Å². The highest BCUT2D eigenvalue weighted by molar-refractivity contribution is 5.91. The van der Waals surface area contributed by atoms with E-state index in [4.69, 9.17) is 10.2 Å². The minimum atomic E-state index is -4.72. The van der Waals surface area contributed by atoms with Crippen LogP contribution < -0.4 is 5.32 Å². The van der Waals surface area contributed by atoms with Gasteiger partial charge in [-0.15, -0.1) is 0 Å². The third kappa shape index (κ3) is 4.12. The number of nitrogens with one attached hydrogen (secondary N) is 1. The van der Waals surface area contributed by atoms with Gasteiger partial charge in [0.25, 0.3) is 0 Å². The van der Waals surface area contributed by atoms with Crippen LogP contribution in [0.4, 0.5) is 18.9 Å². The van der Waals surface area contributed by atoms with Gasteiger partial charge in [-0.25, -0.2) is 4.79 Å². The lowest BCUT2D eigenvalue weighted by Crippen LogP contribution is -2.32. The summed E-state index contributed by atoms with van der Waals surface area (Å²) in [5.74, 6) is -1.64. The number of anilines is 1. The fourth-order valence-electron chi connectivity index (χ4n) is 1.78. The second-order valence-corrected chi connectivity index (χ2v) is 5.05. The molecule has 0 saturated carbocycles. The van der Waals surface area contributed by atoms with Gasteiger partial charge in [-0.3, -0.25) is 0 Å². The van der Waals surface area contributed by atoms with E-state index < -0.39 is 28.8 Å². The molecule has 0 amide bonds. The second kappa shape index (κ2) is 5.70. The SMILES string of the molecule is CC(C)(CCO)Nc1ccc(C(F)(F)F)c(C(=O)O)c1. The average Bonchev–Trinajstić information content (AvgIpc) is 2.26. The van der Waals surface area contributed by atoms with E-state index >= 15 is 0 Å². The quantitative estimate of drug-likeness (QED) is 0.780. The molecule has 0 aliphatic heterocycles. The van der Waals surface area contributed by atoms with Crippen LogP contribution in [-0.4, -0.2) is 28.3 Å². The van der Waals surface area contributed by atoms with Crippen LogP contribution in [0.2, 0.25) is 0 Å². The fourth-order valence-corrected chi connectivity index (χ4v) is 1.78. The summed E-state index contributed by atoms with van der Waals surface area (Å²) in [4.78, 5) is 10.9. The van der Waals surface area contributed by atoms with Gasteiger partial charge in [0.05, 0.1) is 11.1 Å². The van der Waals surface area contributed by atoms with Gasteiger partial charge in [-0.2, -0.15) is 13.2 Å². The fraction of sp³-hybridized carbons (Fsp3) is 0.462. The van der Waals surface area contributed by atoms with E-state index in [0.717, 1.165) is 12.1 Å². The Balaban J connectivity index is 3.15. The number of alkyl halides is 3. The highest BCUT2D eigenvalue weighted by Gasteiger charge is 2.35.